The summed E-state index contributed by atoms with van der Waals surface area (Å²) in [4.78, 5) is 8.29. The van der Waals surface area contributed by atoms with E-state index in [1.807, 2.05) is 13.8 Å². The van der Waals surface area contributed by atoms with Crippen LogP contribution in [0.1, 0.15) is 91.2 Å². The molecule has 1 aromatic rings. The van der Waals surface area contributed by atoms with Gasteiger partial charge in [-0.3, -0.25) is 4.99 Å². The first-order chi connectivity index (χ1) is 14.3. The number of benzene rings is 1. The van der Waals surface area contributed by atoms with Crippen molar-refractivity contribution in [3.63, 3.8) is 0 Å². The number of aromatic hydroxyl groups is 1. The van der Waals surface area contributed by atoms with E-state index >= 15 is 0 Å². The zero-order chi connectivity index (χ0) is 23.1. The van der Waals surface area contributed by atoms with Crippen LogP contribution in [0.3, 0.4) is 0 Å². The number of aryl methyl sites for hydroxylation is 1. The van der Waals surface area contributed by atoms with Gasteiger partial charge in [-0.2, -0.15) is 0 Å². The highest BCUT2D eigenvalue weighted by Crippen LogP contribution is 2.24. The Labute approximate surface area is 183 Å². The molecule has 0 fully saturated rings. The summed E-state index contributed by atoms with van der Waals surface area (Å²) in [5, 5.41) is 9.88. The molecule has 1 aliphatic rings. The Hall–Kier alpha value is -2.17. The third-order valence-electron chi connectivity index (χ3n) is 4.89. The highest BCUT2D eigenvalue weighted by molar-refractivity contribution is 6.48. The molecular weight excluding hydrogens is 377 g/mol. The SMILES string of the molecule is CC.CC1=NC(N)=CCN=C1c1c(O)cc(C)cc1F.CCCCCCC(C)CC. The normalized spacial score (nSPS) is 14.1. The van der Waals surface area contributed by atoms with Crippen molar-refractivity contribution >= 4 is 11.4 Å². The van der Waals surface area contributed by atoms with Gasteiger partial charge in [-0.05, 0) is 43.5 Å². The number of aliphatic imine (C=N–C) groups is 2. The number of nitrogens with two attached hydrogens (primary N) is 1. The molecule has 170 valence electrons. The van der Waals surface area contributed by atoms with Gasteiger partial charge in [0.25, 0.3) is 0 Å². The number of nitrogens with zero attached hydrogens (tertiary/aromatic N) is 2. The molecule has 0 saturated carbocycles. The number of halogens is 1. The van der Waals surface area contributed by atoms with E-state index in [2.05, 4.69) is 30.8 Å². The largest absolute Gasteiger partial charge is 0.507 e. The molecule has 0 radical (unpaired) electrons. The molecule has 1 aromatic carbocycles. The molecule has 30 heavy (non-hydrogen) atoms. The molecule has 1 unspecified atom stereocenters. The van der Waals surface area contributed by atoms with Crippen LogP contribution in [0.2, 0.25) is 0 Å². The van der Waals surface area contributed by atoms with E-state index in [-0.39, 0.29) is 11.3 Å². The number of rotatable bonds is 7. The van der Waals surface area contributed by atoms with E-state index < -0.39 is 5.82 Å². The summed E-state index contributed by atoms with van der Waals surface area (Å²) in [5.41, 5.74) is 7.15. The number of hydrogen-bond acceptors (Lipinski definition) is 4. The van der Waals surface area contributed by atoms with Crippen LogP contribution in [-0.2, 0) is 0 Å². The Kier molecular flexibility index (Phi) is 14.5. The maximum Gasteiger partial charge on any atom is 0.136 e. The lowest BCUT2D eigenvalue weighted by atomic mass is 10.0. The molecule has 1 aliphatic heterocycles. The average Bonchev–Trinajstić information content (AvgIpc) is 2.86. The highest BCUT2D eigenvalue weighted by atomic mass is 19.1. The van der Waals surface area contributed by atoms with E-state index in [0.29, 0.717) is 29.4 Å². The van der Waals surface area contributed by atoms with Crippen LogP contribution in [0.25, 0.3) is 0 Å². The molecular formula is C25H42FN3O. The van der Waals surface area contributed by atoms with Crippen LogP contribution in [0.5, 0.6) is 5.75 Å². The first-order valence-electron chi connectivity index (χ1n) is 11.3. The highest BCUT2D eigenvalue weighted by Gasteiger charge is 2.19. The quantitative estimate of drug-likeness (QED) is 0.470. The molecule has 0 aromatic heterocycles. The summed E-state index contributed by atoms with van der Waals surface area (Å²) in [6, 6.07) is 2.85. The minimum Gasteiger partial charge on any atom is -0.507 e. The van der Waals surface area contributed by atoms with Crippen LogP contribution in [0.15, 0.2) is 34.0 Å². The second-order valence-corrected chi connectivity index (χ2v) is 7.52. The molecule has 1 heterocycles. The van der Waals surface area contributed by atoms with E-state index in [9.17, 15) is 9.50 Å². The van der Waals surface area contributed by atoms with Gasteiger partial charge in [0.15, 0.2) is 0 Å². The zero-order valence-electron chi connectivity index (χ0n) is 20.1. The maximum atomic E-state index is 14.0. The first-order valence-corrected chi connectivity index (χ1v) is 11.3. The van der Waals surface area contributed by atoms with Gasteiger partial charge in [0, 0.05) is 0 Å². The van der Waals surface area contributed by atoms with Crippen molar-refractivity contribution in [2.24, 2.45) is 21.6 Å². The molecule has 0 amide bonds. The smallest absolute Gasteiger partial charge is 0.136 e. The van der Waals surface area contributed by atoms with Crippen LogP contribution >= 0.6 is 0 Å². The lowest BCUT2D eigenvalue weighted by molar-refractivity contribution is 0.467. The molecule has 0 bridgehead atoms. The van der Waals surface area contributed by atoms with E-state index in [1.165, 1.54) is 50.7 Å². The summed E-state index contributed by atoms with van der Waals surface area (Å²) in [6.45, 7) is 14.6. The Morgan fingerprint density at radius 1 is 1.13 bits per heavy atom. The van der Waals surface area contributed by atoms with Crippen LogP contribution in [-0.4, -0.2) is 23.1 Å². The van der Waals surface area contributed by atoms with Crippen molar-refractivity contribution in [2.75, 3.05) is 6.54 Å². The van der Waals surface area contributed by atoms with Crippen molar-refractivity contribution < 1.29 is 9.50 Å². The molecule has 1 atom stereocenters. The van der Waals surface area contributed by atoms with Gasteiger partial charge in [0.2, 0.25) is 0 Å². The Bertz CT molecular complexity index is 700. The van der Waals surface area contributed by atoms with Gasteiger partial charge in [0.05, 0.1) is 23.5 Å². The van der Waals surface area contributed by atoms with E-state index in [0.717, 1.165) is 5.92 Å². The summed E-state index contributed by atoms with van der Waals surface area (Å²) in [6.07, 6.45) is 10.1. The summed E-state index contributed by atoms with van der Waals surface area (Å²) in [7, 11) is 0. The molecule has 4 nitrogen and oxygen atoms in total. The molecule has 3 N–H and O–H groups in total. The van der Waals surface area contributed by atoms with Crippen molar-refractivity contribution in [2.45, 2.75) is 87.0 Å². The first kappa shape index (κ1) is 27.8. The minimum atomic E-state index is -0.513. The van der Waals surface area contributed by atoms with Crippen molar-refractivity contribution in [3.05, 3.63) is 41.0 Å². The van der Waals surface area contributed by atoms with Gasteiger partial charge in [-0.1, -0.05) is 73.1 Å². The Balaban J connectivity index is 0.000000600. The van der Waals surface area contributed by atoms with E-state index in [1.54, 1.807) is 19.9 Å². The fourth-order valence-electron chi connectivity index (χ4n) is 2.98. The molecule has 0 saturated heterocycles. The van der Waals surface area contributed by atoms with Gasteiger partial charge in [0.1, 0.15) is 17.4 Å². The standard InChI is InChI=1S/C13H14FN3O.C10H22.C2H6/c1-7-5-9(14)12(10(18)6-7)13-8(2)17-11(15)3-4-16-13;1-4-6-7-8-9-10(3)5-2;1-2/h3,5-6,18H,4,15H2,1-2H3;10H,4-9H2,1-3H3;1-2H3. The van der Waals surface area contributed by atoms with Crippen LogP contribution < -0.4 is 5.73 Å². The Morgan fingerprint density at radius 3 is 2.37 bits per heavy atom. The lowest BCUT2D eigenvalue weighted by Crippen LogP contribution is -2.15. The zero-order valence-corrected chi connectivity index (χ0v) is 20.1. The van der Waals surface area contributed by atoms with Crippen LogP contribution in [0, 0.1) is 18.7 Å². The van der Waals surface area contributed by atoms with Gasteiger partial charge < -0.3 is 10.8 Å². The molecule has 2 rings (SSSR count). The minimum absolute atomic E-state index is 0.0740. The monoisotopic (exact) mass is 419 g/mol. The van der Waals surface area contributed by atoms with Crippen molar-refractivity contribution in [3.8, 4) is 5.75 Å². The third kappa shape index (κ3) is 10.0. The number of unbranched alkanes of at least 4 members (excludes halogenated alkanes) is 3. The van der Waals surface area contributed by atoms with Crippen molar-refractivity contribution in [1.82, 2.24) is 0 Å². The molecule has 0 spiro atoms. The fourth-order valence-corrected chi connectivity index (χ4v) is 2.98. The van der Waals surface area contributed by atoms with Gasteiger partial charge in [-0.15, -0.1) is 0 Å². The molecule has 0 aliphatic carbocycles. The molecule has 5 heteroatoms. The van der Waals surface area contributed by atoms with Gasteiger partial charge in [-0.25, -0.2) is 9.38 Å². The summed E-state index contributed by atoms with van der Waals surface area (Å²) < 4.78 is 14.0. The number of phenolic OH excluding ortho intramolecular Hbond substituents is 1. The predicted molar refractivity (Wildman–Crippen MR) is 129 cm³/mol. The van der Waals surface area contributed by atoms with Crippen molar-refractivity contribution in [1.29, 1.82) is 0 Å². The number of phenols is 1. The van der Waals surface area contributed by atoms with Crippen LogP contribution in [0.4, 0.5) is 4.39 Å². The maximum absolute atomic E-state index is 14.0. The summed E-state index contributed by atoms with van der Waals surface area (Å²) >= 11 is 0. The van der Waals surface area contributed by atoms with E-state index in [4.69, 9.17) is 5.73 Å². The second-order valence-electron chi connectivity index (χ2n) is 7.52. The predicted octanol–water partition coefficient (Wildman–Crippen LogP) is 6.93. The number of hydrogen-bond donors (Lipinski definition) is 2. The summed E-state index contributed by atoms with van der Waals surface area (Å²) in [5.74, 6) is 0.651. The fraction of sp³-hybridized carbons (Fsp3) is 0.600. The Morgan fingerprint density at radius 2 is 1.80 bits per heavy atom. The van der Waals surface area contributed by atoms with Gasteiger partial charge >= 0.3 is 0 Å². The second kappa shape index (κ2) is 15.6. The lowest BCUT2D eigenvalue weighted by Gasteiger charge is -2.09. The average molecular weight is 420 g/mol. The topological polar surface area (TPSA) is 71.0 Å². The third-order valence-corrected chi connectivity index (χ3v) is 4.89.